The topological polar surface area (TPSA) is 88.1 Å². The van der Waals surface area contributed by atoms with Gasteiger partial charge in [-0.3, -0.25) is 14.6 Å². The maximum atomic E-state index is 12.3. The van der Waals surface area contributed by atoms with Gasteiger partial charge in [0.25, 0.3) is 5.91 Å². The summed E-state index contributed by atoms with van der Waals surface area (Å²) in [4.78, 5) is 43.1. The van der Waals surface area contributed by atoms with Crippen LogP contribution in [-0.4, -0.2) is 65.8 Å². The van der Waals surface area contributed by atoms with E-state index >= 15 is 0 Å². The lowest BCUT2D eigenvalue weighted by atomic mass is 10.1. The number of thioether (sulfide) groups is 2. The molecule has 0 atom stereocenters. The minimum Gasteiger partial charge on any atom is -0.462 e. The molecule has 0 radical (unpaired) electrons. The molecule has 1 N–H and O–H groups in total. The van der Waals surface area contributed by atoms with Gasteiger partial charge in [-0.1, -0.05) is 23.5 Å². The maximum Gasteiger partial charge on any atom is 0.341 e. The van der Waals surface area contributed by atoms with E-state index in [4.69, 9.17) is 4.74 Å². The summed E-state index contributed by atoms with van der Waals surface area (Å²) in [6.07, 6.45) is 0. The number of ether oxygens (including phenoxy) is 1. The minimum absolute atomic E-state index is 0.196. The monoisotopic (exact) mass is 415 g/mol. The molecule has 0 bridgehead atoms. The molecule has 142 valence electrons. The molecule has 0 saturated heterocycles. The van der Waals surface area contributed by atoms with Crippen LogP contribution in [0.2, 0.25) is 0 Å². The number of esters is 1. The number of anilines is 1. The lowest BCUT2D eigenvalue weighted by Gasteiger charge is -2.09. The Labute approximate surface area is 164 Å². The highest BCUT2D eigenvalue weighted by molar-refractivity contribution is 8.39. The Morgan fingerprint density at radius 2 is 2.08 bits per heavy atom. The van der Waals surface area contributed by atoms with Crippen molar-refractivity contribution in [2.45, 2.75) is 13.8 Å². The summed E-state index contributed by atoms with van der Waals surface area (Å²) in [6.45, 7) is 4.39. The van der Waals surface area contributed by atoms with E-state index in [0.29, 0.717) is 15.4 Å². The van der Waals surface area contributed by atoms with Gasteiger partial charge in [-0.25, -0.2) is 4.79 Å². The van der Waals surface area contributed by atoms with Crippen molar-refractivity contribution in [3.05, 3.63) is 16.0 Å². The van der Waals surface area contributed by atoms with Crippen LogP contribution in [0.4, 0.5) is 5.00 Å². The predicted molar refractivity (Wildman–Crippen MR) is 109 cm³/mol. The van der Waals surface area contributed by atoms with Gasteiger partial charge in [0.05, 0.1) is 29.3 Å². The molecule has 1 aromatic rings. The summed E-state index contributed by atoms with van der Waals surface area (Å²) < 4.78 is 5.99. The van der Waals surface area contributed by atoms with Gasteiger partial charge in [-0.05, 0) is 19.4 Å². The molecule has 1 aliphatic rings. The van der Waals surface area contributed by atoms with Crippen molar-refractivity contribution in [2.24, 2.45) is 4.99 Å². The molecule has 0 aromatic carbocycles. The average Bonchev–Trinajstić information content (AvgIpc) is 3.20. The summed E-state index contributed by atoms with van der Waals surface area (Å²) in [5.74, 6) is 0.127. The number of aliphatic imine (C=N–C) groups is 1. The van der Waals surface area contributed by atoms with Crippen molar-refractivity contribution in [1.29, 1.82) is 0 Å². The van der Waals surface area contributed by atoms with E-state index in [1.807, 2.05) is 0 Å². The van der Waals surface area contributed by atoms with E-state index < -0.39 is 5.97 Å². The quantitative estimate of drug-likeness (QED) is 0.719. The zero-order chi connectivity index (χ0) is 19.3. The van der Waals surface area contributed by atoms with Crippen LogP contribution in [-0.2, 0) is 9.53 Å². The van der Waals surface area contributed by atoms with Crippen LogP contribution in [0.5, 0.6) is 0 Å². The number of hydrogen-bond acceptors (Lipinski definition) is 8. The predicted octanol–water partition coefficient (Wildman–Crippen LogP) is 2.71. The Morgan fingerprint density at radius 1 is 1.35 bits per heavy atom. The largest absolute Gasteiger partial charge is 0.462 e. The van der Waals surface area contributed by atoms with Crippen LogP contribution in [0.15, 0.2) is 4.99 Å². The number of carbonyl (C=O) groups excluding carboxylic acids is 3. The van der Waals surface area contributed by atoms with Crippen LogP contribution in [0.3, 0.4) is 0 Å². The first-order valence-electron chi connectivity index (χ1n) is 7.97. The fourth-order valence-corrected chi connectivity index (χ4v) is 5.19. The standard InChI is InChI=1S/C16H21N3O4S3/c1-5-23-15(22)11-9(2)12(14(21)19(3)4)26-13(11)18-10(20)8-25-16-17-6-7-24-16/h5-8H2,1-4H3,(H,18,20). The maximum absolute atomic E-state index is 12.3. The van der Waals surface area contributed by atoms with Crippen LogP contribution in [0.25, 0.3) is 0 Å². The van der Waals surface area contributed by atoms with Crippen molar-refractivity contribution in [3.63, 3.8) is 0 Å². The third-order valence-electron chi connectivity index (χ3n) is 3.36. The zero-order valence-corrected chi connectivity index (χ0v) is 17.5. The van der Waals surface area contributed by atoms with Gasteiger partial charge in [0.2, 0.25) is 5.91 Å². The molecule has 2 amide bonds. The number of hydrogen-bond donors (Lipinski definition) is 1. The summed E-state index contributed by atoms with van der Waals surface area (Å²) in [5, 5.41) is 3.10. The van der Waals surface area contributed by atoms with Gasteiger partial charge in [0.15, 0.2) is 0 Å². The van der Waals surface area contributed by atoms with Crippen molar-refractivity contribution in [2.75, 3.05) is 44.1 Å². The Morgan fingerprint density at radius 3 is 2.65 bits per heavy atom. The van der Waals surface area contributed by atoms with Crippen molar-refractivity contribution >= 4 is 62.0 Å². The van der Waals surface area contributed by atoms with Crippen molar-refractivity contribution in [1.82, 2.24) is 4.90 Å². The normalized spacial score (nSPS) is 13.3. The van der Waals surface area contributed by atoms with Gasteiger partial charge in [-0.2, -0.15) is 0 Å². The smallest absolute Gasteiger partial charge is 0.341 e. The third-order valence-corrected chi connectivity index (χ3v) is 6.81. The summed E-state index contributed by atoms with van der Waals surface area (Å²) in [5.41, 5.74) is 0.763. The average molecular weight is 416 g/mol. The highest BCUT2D eigenvalue weighted by Gasteiger charge is 2.27. The second-order valence-corrected chi connectivity index (χ2v) is 8.84. The molecular formula is C16H21N3O4S3. The molecule has 2 heterocycles. The van der Waals surface area contributed by atoms with Crippen LogP contribution in [0.1, 0.15) is 32.5 Å². The number of thiophene rings is 1. The fourth-order valence-electron chi connectivity index (χ4n) is 2.15. The van der Waals surface area contributed by atoms with Gasteiger partial charge in [-0.15, -0.1) is 11.3 Å². The van der Waals surface area contributed by atoms with Crippen molar-refractivity contribution < 1.29 is 19.1 Å². The summed E-state index contributed by atoms with van der Waals surface area (Å²) >= 11 is 4.10. The number of carbonyl (C=O) groups is 3. The molecule has 0 aliphatic carbocycles. The molecule has 0 spiro atoms. The molecule has 0 saturated carbocycles. The second kappa shape index (κ2) is 9.43. The van der Waals surface area contributed by atoms with E-state index in [9.17, 15) is 14.4 Å². The minimum atomic E-state index is -0.544. The van der Waals surface area contributed by atoms with Gasteiger partial charge in [0.1, 0.15) is 9.38 Å². The highest BCUT2D eigenvalue weighted by atomic mass is 32.2. The zero-order valence-electron chi connectivity index (χ0n) is 15.1. The molecular weight excluding hydrogens is 394 g/mol. The SMILES string of the molecule is CCOC(=O)c1c(NC(=O)CSC2=NCCS2)sc(C(=O)N(C)C)c1C. The van der Waals surface area contributed by atoms with Gasteiger partial charge >= 0.3 is 5.97 Å². The van der Waals surface area contributed by atoms with Gasteiger partial charge in [0, 0.05) is 19.8 Å². The van der Waals surface area contributed by atoms with E-state index in [1.54, 1.807) is 39.7 Å². The Kier molecular flexibility index (Phi) is 7.54. The lowest BCUT2D eigenvalue weighted by molar-refractivity contribution is -0.113. The van der Waals surface area contributed by atoms with Crippen molar-refractivity contribution in [3.8, 4) is 0 Å². The molecule has 0 unspecified atom stereocenters. The number of nitrogens with one attached hydrogen (secondary N) is 1. The second-order valence-electron chi connectivity index (χ2n) is 5.51. The van der Waals surface area contributed by atoms with E-state index in [0.717, 1.165) is 28.0 Å². The Balaban J connectivity index is 2.21. The third kappa shape index (κ3) is 5.01. The Bertz CT molecular complexity index is 743. The highest BCUT2D eigenvalue weighted by Crippen LogP contribution is 2.34. The van der Waals surface area contributed by atoms with Gasteiger partial charge < -0.3 is 15.0 Å². The number of rotatable bonds is 6. The molecule has 1 aliphatic heterocycles. The first-order chi connectivity index (χ1) is 12.3. The lowest BCUT2D eigenvalue weighted by Crippen LogP contribution is -2.21. The van der Waals surface area contributed by atoms with Crippen LogP contribution in [0, 0.1) is 6.92 Å². The Hall–Kier alpha value is -1.52. The molecule has 2 rings (SSSR count). The number of amides is 2. The molecule has 0 fully saturated rings. The first kappa shape index (κ1) is 20.8. The first-order valence-corrected chi connectivity index (χ1v) is 10.8. The summed E-state index contributed by atoms with van der Waals surface area (Å²) in [7, 11) is 3.28. The summed E-state index contributed by atoms with van der Waals surface area (Å²) in [6, 6.07) is 0. The van der Waals surface area contributed by atoms with E-state index in [1.165, 1.54) is 16.7 Å². The molecule has 1 aromatic heterocycles. The number of nitrogens with zero attached hydrogens (tertiary/aromatic N) is 2. The molecule has 10 heteroatoms. The van der Waals surface area contributed by atoms with E-state index in [-0.39, 0.29) is 29.7 Å². The fraction of sp³-hybridized carbons (Fsp3) is 0.500. The van der Waals surface area contributed by atoms with Crippen LogP contribution >= 0.6 is 34.9 Å². The molecule has 26 heavy (non-hydrogen) atoms. The van der Waals surface area contributed by atoms with E-state index in [2.05, 4.69) is 10.3 Å². The molecule has 7 nitrogen and oxygen atoms in total. The van der Waals surface area contributed by atoms with Crippen LogP contribution < -0.4 is 5.32 Å².